The van der Waals surface area contributed by atoms with Crippen LogP contribution >= 0.6 is 34.2 Å². The van der Waals surface area contributed by atoms with Crippen LogP contribution in [0.4, 0.5) is 4.39 Å². The van der Waals surface area contributed by atoms with Gasteiger partial charge in [-0.1, -0.05) is 23.7 Å². The van der Waals surface area contributed by atoms with E-state index in [0.717, 1.165) is 74.7 Å². The van der Waals surface area contributed by atoms with Crippen molar-refractivity contribution in [2.45, 2.75) is 57.1 Å². The largest absolute Gasteiger partial charge is 0.444 e. The third-order valence-corrected chi connectivity index (χ3v) is 9.30. The lowest BCUT2D eigenvalue weighted by atomic mass is 9.88. The quantitative estimate of drug-likeness (QED) is 0.202. The number of fused-ring (bicyclic) bond motifs is 2. The lowest BCUT2D eigenvalue weighted by Crippen LogP contribution is -2.35. The normalized spacial score (nSPS) is 23.1. The van der Waals surface area contributed by atoms with Crippen LogP contribution in [0.15, 0.2) is 54.6 Å². The number of ether oxygens (including phenoxy) is 3. The lowest BCUT2D eigenvalue weighted by molar-refractivity contribution is -0.0712. The molecule has 1 aromatic heterocycles. The fourth-order valence-corrected chi connectivity index (χ4v) is 6.78. The molecule has 0 N–H and O–H groups in total. The summed E-state index contributed by atoms with van der Waals surface area (Å²) < 4.78 is 36.7. The molecule has 0 radical (unpaired) electrons. The first-order valence-electron chi connectivity index (χ1n) is 13.8. The first kappa shape index (κ1) is 26.5. The second-order valence-electron chi connectivity index (χ2n) is 11.1. The highest BCUT2D eigenvalue weighted by Gasteiger charge is 2.43. The minimum Gasteiger partial charge on any atom is -0.444 e. The molecular weight excluding hydrogens is 644 g/mol. The molecule has 2 unspecified atom stereocenters. The third-order valence-electron chi connectivity index (χ3n) is 8.39. The Morgan fingerprint density at radius 2 is 1.90 bits per heavy atom. The number of nitrogens with zero attached hydrogens (tertiary/aromatic N) is 3. The molecule has 9 heteroatoms. The number of likely N-dealkylation sites (tertiary alicyclic amines) is 1. The maximum absolute atomic E-state index is 14.8. The molecule has 208 valence electrons. The van der Waals surface area contributed by atoms with Crippen LogP contribution in [0.1, 0.15) is 49.1 Å². The van der Waals surface area contributed by atoms with E-state index in [-0.39, 0.29) is 6.10 Å². The van der Waals surface area contributed by atoms with E-state index in [9.17, 15) is 4.39 Å². The van der Waals surface area contributed by atoms with E-state index in [1.54, 1.807) is 19.1 Å². The standard InChI is InChI=1S/C31H30ClFIN3O3/c1-31(24-7-5-20(32)15-25(24)33)39-28-4-2-3-23(30(28)40-31)19-9-12-36(13-10-19)18-29-35-26-16-21(34)6-8-27(26)37(29)17-22-11-14-38-22/h2-8,15-16,19,22H,9-14,17-18H2,1H3. The van der Waals surface area contributed by atoms with E-state index in [1.165, 1.54) is 15.2 Å². The fraction of sp³-hybridized carbons (Fsp3) is 0.387. The summed E-state index contributed by atoms with van der Waals surface area (Å²) in [7, 11) is 0. The molecule has 2 fully saturated rings. The number of piperidine rings is 1. The van der Waals surface area contributed by atoms with Crippen molar-refractivity contribution in [2.75, 3.05) is 19.7 Å². The first-order valence-corrected chi connectivity index (χ1v) is 15.3. The average molecular weight is 674 g/mol. The molecule has 3 aliphatic heterocycles. The van der Waals surface area contributed by atoms with Crippen LogP contribution in [0.5, 0.6) is 11.5 Å². The number of aromatic nitrogens is 2. The molecule has 0 amide bonds. The Morgan fingerprint density at radius 3 is 2.65 bits per heavy atom. The Kier molecular flexibility index (Phi) is 6.93. The van der Waals surface area contributed by atoms with Gasteiger partial charge in [0, 0.05) is 27.7 Å². The zero-order valence-corrected chi connectivity index (χ0v) is 25.1. The molecule has 3 aliphatic rings. The van der Waals surface area contributed by atoms with Crippen molar-refractivity contribution in [3.05, 3.63) is 86.0 Å². The van der Waals surface area contributed by atoms with Crippen molar-refractivity contribution < 1.29 is 18.6 Å². The van der Waals surface area contributed by atoms with E-state index in [4.69, 9.17) is 30.8 Å². The highest BCUT2D eigenvalue weighted by atomic mass is 127. The highest BCUT2D eigenvalue weighted by molar-refractivity contribution is 14.1. The SMILES string of the molecule is CC1(c2ccc(Cl)cc2F)Oc2cccc(C3CCN(Cc4nc5cc(I)ccc5n4CC4CCO4)CC3)c2O1. The molecule has 4 heterocycles. The monoisotopic (exact) mass is 673 g/mol. The number of rotatable bonds is 6. The zero-order chi connectivity index (χ0) is 27.4. The molecule has 0 aliphatic carbocycles. The van der Waals surface area contributed by atoms with Gasteiger partial charge in [0.2, 0.25) is 0 Å². The average Bonchev–Trinajstić information content (AvgIpc) is 3.42. The van der Waals surface area contributed by atoms with Crippen LogP contribution in [0.2, 0.25) is 5.02 Å². The number of imidazole rings is 1. The summed E-state index contributed by atoms with van der Waals surface area (Å²) in [5.74, 6) is 1.12. The zero-order valence-electron chi connectivity index (χ0n) is 22.2. The second-order valence-corrected chi connectivity index (χ2v) is 12.7. The molecule has 2 atom stereocenters. The Hall–Kier alpha value is -2.40. The van der Waals surface area contributed by atoms with Crippen LogP contribution in [-0.4, -0.2) is 40.3 Å². The Bertz CT molecular complexity index is 1580. The smallest absolute Gasteiger partial charge is 0.278 e. The molecule has 0 spiro atoms. The Labute approximate surface area is 251 Å². The Balaban J connectivity index is 1.07. The molecule has 0 bridgehead atoms. The van der Waals surface area contributed by atoms with Gasteiger partial charge in [0.05, 0.1) is 35.8 Å². The molecule has 4 aromatic rings. The van der Waals surface area contributed by atoms with Crippen LogP contribution in [0.25, 0.3) is 11.0 Å². The van der Waals surface area contributed by atoms with E-state index in [1.807, 2.05) is 12.1 Å². The fourth-order valence-electron chi connectivity index (χ4n) is 6.15. The van der Waals surface area contributed by atoms with Gasteiger partial charge in [-0.05, 0) is 103 Å². The molecule has 40 heavy (non-hydrogen) atoms. The summed E-state index contributed by atoms with van der Waals surface area (Å²) in [4.78, 5) is 7.54. The summed E-state index contributed by atoms with van der Waals surface area (Å²) >= 11 is 8.33. The van der Waals surface area contributed by atoms with Crippen molar-refractivity contribution in [1.29, 1.82) is 0 Å². The lowest BCUT2D eigenvalue weighted by Gasteiger charge is -2.33. The maximum Gasteiger partial charge on any atom is 0.278 e. The maximum atomic E-state index is 14.8. The topological polar surface area (TPSA) is 48.8 Å². The van der Waals surface area contributed by atoms with Crippen LogP contribution < -0.4 is 9.47 Å². The van der Waals surface area contributed by atoms with Crippen LogP contribution in [0.3, 0.4) is 0 Å². The molecule has 3 aromatic carbocycles. The first-order chi connectivity index (χ1) is 19.4. The molecule has 0 saturated carbocycles. The van der Waals surface area contributed by atoms with Crippen LogP contribution in [-0.2, 0) is 23.6 Å². The summed E-state index contributed by atoms with van der Waals surface area (Å²) in [5, 5.41) is 0.342. The van der Waals surface area contributed by atoms with Gasteiger partial charge in [-0.3, -0.25) is 4.90 Å². The van der Waals surface area contributed by atoms with Gasteiger partial charge in [0.15, 0.2) is 11.5 Å². The van der Waals surface area contributed by atoms with E-state index in [2.05, 4.69) is 56.3 Å². The number of halogens is 3. The van der Waals surface area contributed by atoms with Gasteiger partial charge < -0.3 is 18.8 Å². The molecule has 2 saturated heterocycles. The predicted molar refractivity (Wildman–Crippen MR) is 161 cm³/mol. The van der Waals surface area contributed by atoms with Gasteiger partial charge in [0.25, 0.3) is 5.79 Å². The van der Waals surface area contributed by atoms with Gasteiger partial charge >= 0.3 is 0 Å². The van der Waals surface area contributed by atoms with Crippen molar-refractivity contribution in [3.63, 3.8) is 0 Å². The minimum absolute atomic E-state index is 0.274. The van der Waals surface area contributed by atoms with E-state index >= 15 is 0 Å². The molecular formula is C31H30ClFIN3O3. The molecule has 7 rings (SSSR count). The highest BCUT2D eigenvalue weighted by Crippen LogP contribution is 2.49. The minimum atomic E-state index is -1.24. The van der Waals surface area contributed by atoms with E-state index < -0.39 is 11.6 Å². The van der Waals surface area contributed by atoms with Crippen molar-refractivity contribution >= 4 is 45.2 Å². The van der Waals surface area contributed by atoms with Gasteiger partial charge in [-0.2, -0.15) is 0 Å². The summed E-state index contributed by atoms with van der Waals surface area (Å²) in [6.07, 6.45) is 3.37. The van der Waals surface area contributed by atoms with Crippen molar-refractivity contribution in [3.8, 4) is 11.5 Å². The summed E-state index contributed by atoms with van der Waals surface area (Å²) in [6.45, 7) is 6.18. The summed E-state index contributed by atoms with van der Waals surface area (Å²) in [5.41, 5.74) is 3.68. The van der Waals surface area contributed by atoms with Crippen molar-refractivity contribution in [1.82, 2.24) is 14.5 Å². The number of para-hydroxylation sites is 1. The van der Waals surface area contributed by atoms with Crippen LogP contribution in [0, 0.1) is 9.39 Å². The van der Waals surface area contributed by atoms with Crippen molar-refractivity contribution in [2.24, 2.45) is 0 Å². The van der Waals surface area contributed by atoms with E-state index in [0.29, 0.717) is 22.3 Å². The Morgan fingerprint density at radius 1 is 1.07 bits per heavy atom. The van der Waals surface area contributed by atoms with Gasteiger partial charge in [0.1, 0.15) is 11.6 Å². The second kappa shape index (κ2) is 10.5. The summed E-state index contributed by atoms with van der Waals surface area (Å²) in [6, 6.07) is 17.1. The van der Waals surface area contributed by atoms with Gasteiger partial charge in [-0.15, -0.1) is 0 Å². The third kappa shape index (κ3) is 4.86. The van der Waals surface area contributed by atoms with Gasteiger partial charge in [-0.25, -0.2) is 9.37 Å². The number of hydrogen-bond donors (Lipinski definition) is 0. The molecule has 6 nitrogen and oxygen atoms in total. The number of hydrogen-bond acceptors (Lipinski definition) is 5. The number of benzene rings is 3. The predicted octanol–water partition coefficient (Wildman–Crippen LogP) is 7.25.